The minimum atomic E-state index is -4.21. The van der Waals surface area contributed by atoms with Crippen LogP contribution in [0.4, 0.5) is 4.79 Å². The molecular weight excluding hydrogens is 576 g/mol. The Labute approximate surface area is 253 Å². The minimum absolute atomic E-state index is 0.0163. The molecule has 43 heavy (non-hydrogen) atoms. The number of aliphatic hydroxyl groups excluding tert-OH is 1. The van der Waals surface area contributed by atoms with E-state index in [1.54, 1.807) is 12.1 Å². The van der Waals surface area contributed by atoms with Gasteiger partial charge in [0.05, 0.1) is 54.9 Å². The van der Waals surface area contributed by atoms with E-state index in [0.717, 1.165) is 29.3 Å². The predicted molar refractivity (Wildman–Crippen MR) is 157 cm³/mol. The zero-order valence-corrected chi connectivity index (χ0v) is 25.5. The average molecular weight is 619 g/mol. The van der Waals surface area contributed by atoms with Gasteiger partial charge in [0, 0.05) is 6.07 Å². The molecule has 2 saturated heterocycles. The fourth-order valence-electron chi connectivity index (χ4n) is 5.76. The summed E-state index contributed by atoms with van der Waals surface area (Å²) in [5, 5.41) is 14.3. The lowest BCUT2D eigenvalue weighted by Gasteiger charge is -2.31. The Bertz CT molecular complexity index is 1300. The second-order valence-corrected chi connectivity index (χ2v) is 13.4. The van der Waals surface area contributed by atoms with Crippen molar-refractivity contribution in [3.8, 4) is 5.75 Å². The standard InChI is InChI=1S/C31H42N2O9S/c1-21(2)40-24-13-8-14-25(18-24)43(36,37)33(42-23-11-6-7-12-23)19-28(34)27(17-22-9-4-3-5-10-22)32-31(35)41-29-20-39-30-26(29)15-16-38-30/h3-5,8-10,13-14,18,21,23,26-30,34H,6-7,11-12,15-17,19-20H2,1-2H3,(H,32,35)/t26-,27-,28+,29?,30+/m0/s1. The number of hydrogen-bond acceptors (Lipinski definition) is 9. The molecule has 2 aromatic carbocycles. The molecule has 5 atom stereocenters. The first-order valence-electron chi connectivity index (χ1n) is 15.1. The van der Waals surface area contributed by atoms with Crippen molar-refractivity contribution in [1.82, 2.24) is 9.79 Å². The number of fused-ring (bicyclic) bond motifs is 1. The summed E-state index contributed by atoms with van der Waals surface area (Å²) in [5.41, 5.74) is 0.852. The van der Waals surface area contributed by atoms with E-state index in [4.69, 9.17) is 23.8 Å². The number of nitrogens with zero attached hydrogens (tertiary/aromatic N) is 1. The maximum Gasteiger partial charge on any atom is 0.407 e. The molecule has 1 saturated carbocycles. The summed E-state index contributed by atoms with van der Waals surface area (Å²) in [4.78, 5) is 19.1. The quantitative estimate of drug-likeness (QED) is 0.322. The maximum absolute atomic E-state index is 13.9. The molecule has 2 aliphatic heterocycles. The van der Waals surface area contributed by atoms with Crippen molar-refractivity contribution in [2.45, 2.75) is 94.0 Å². The van der Waals surface area contributed by atoms with Crippen molar-refractivity contribution in [1.29, 1.82) is 0 Å². The van der Waals surface area contributed by atoms with Crippen LogP contribution in [0.1, 0.15) is 51.5 Å². The van der Waals surface area contributed by atoms with Gasteiger partial charge in [-0.2, -0.15) is 0 Å². The van der Waals surface area contributed by atoms with Crippen LogP contribution in [-0.4, -0.2) is 80.6 Å². The largest absolute Gasteiger partial charge is 0.491 e. The van der Waals surface area contributed by atoms with Crippen LogP contribution < -0.4 is 10.1 Å². The number of carbonyl (C=O) groups excluding carboxylic acids is 1. The van der Waals surface area contributed by atoms with Crippen molar-refractivity contribution in [3.05, 3.63) is 60.2 Å². The molecule has 5 rings (SSSR count). The van der Waals surface area contributed by atoms with E-state index in [0.29, 0.717) is 25.2 Å². The number of benzene rings is 2. The zero-order chi connectivity index (χ0) is 30.4. The number of sulfonamides is 1. The van der Waals surface area contributed by atoms with Crippen LogP contribution in [0.25, 0.3) is 0 Å². The summed E-state index contributed by atoms with van der Waals surface area (Å²) in [6, 6.07) is 14.7. The third-order valence-corrected chi connectivity index (χ3v) is 9.58. The Kier molecular flexibility index (Phi) is 10.6. The van der Waals surface area contributed by atoms with E-state index in [9.17, 15) is 18.3 Å². The Balaban J connectivity index is 1.35. The van der Waals surface area contributed by atoms with Crippen LogP contribution in [0.2, 0.25) is 0 Å². The molecule has 12 heteroatoms. The molecule has 0 bridgehead atoms. The van der Waals surface area contributed by atoms with Gasteiger partial charge in [-0.15, -0.1) is 0 Å². The minimum Gasteiger partial charge on any atom is -0.491 e. The molecular formula is C31H42N2O9S. The summed E-state index contributed by atoms with van der Waals surface area (Å²) < 4.78 is 51.3. The number of nitrogens with one attached hydrogen (secondary N) is 1. The van der Waals surface area contributed by atoms with Gasteiger partial charge < -0.3 is 29.4 Å². The van der Waals surface area contributed by atoms with Gasteiger partial charge in [-0.05, 0) is 57.2 Å². The summed E-state index contributed by atoms with van der Waals surface area (Å²) in [7, 11) is -4.21. The number of carbonyl (C=O) groups is 1. The maximum atomic E-state index is 13.9. The molecule has 236 valence electrons. The Morgan fingerprint density at radius 1 is 1.07 bits per heavy atom. The predicted octanol–water partition coefficient (Wildman–Crippen LogP) is 3.80. The Hall–Kier alpha value is -2.74. The van der Waals surface area contributed by atoms with E-state index in [2.05, 4.69) is 5.32 Å². The summed E-state index contributed by atoms with van der Waals surface area (Å²) >= 11 is 0. The van der Waals surface area contributed by atoms with Gasteiger partial charge in [0.2, 0.25) is 0 Å². The van der Waals surface area contributed by atoms with E-state index in [1.165, 1.54) is 12.1 Å². The number of alkyl carbamates (subject to hydrolysis) is 1. The summed E-state index contributed by atoms with van der Waals surface area (Å²) in [6.07, 6.45) is 0.927. The van der Waals surface area contributed by atoms with Gasteiger partial charge in [0.15, 0.2) is 6.29 Å². The normalized spacial score (nSPS) is 23.8. The molecule has 2 heterocycles. The second kappa shape index (κ2) is 14.4. The topological polar surface area (TPSA) is 133 Å². The van der Waals surface area contributed by atoms with Gasteiger partial charge in [-0.3, -0.25) is 4.84 Å². The number of rotatable bonds is 13. The summed E-state index contributed by atoms with van der Waals surface area (Å²) in [6.45, 7) is 4.09. The van der Waals surface area contributed by atoms with Crippen molar-refractivity contribution < 1.29 is 42.1 Å². The smallest absolute Gasteiger partial charge is 0.407 e. The van der Waals surface area contributed by atoms with Gasteiger partial charge in [-0.25, -0.2) is 13.2 Å². The van der Waals surface area contributed by atoms with E-state index in [1.807, 2.05) is 44.2 Å². The molecule has 0 radical (unpaired) electrons. The van der Waals surface area contributed by atoms with Gasteiger partial charge in [0.25, 0.3) is 10.0 Å². The van der Waals surface area contributed by atoms with Gasteiger partial charge >= 0.3 is 6.09 Å². The number of hydrogen-bond donors (Lipinski definition) is 2. The molecule has 0 spiro atoms. The highest BCUT2D eigenvalue weighted by atomic mass is 32.2. The zero-order valence-electron chi connectivity index (χ0n) is 24.7. The third kappa shape index (κ3) is 8.25. The van der Waals surface area contributed by atoms with Crippen molar-refractivity contribution >= 4 is 16.1 Å². The van der Waals surface area contributed by atoms with Crippen molar-refractivity contribution in [2.75, 3.05) is 19.8 Å². The SMILES string of the molecule is CC(C)Oc1cccc(S(=O)(=O)N(C[C@@H](O)[C@H](Cc2ccccc2)NC(=O)OC2CO[C@H]3OCC[C@@H]23)OC2CCCC2)c1. The summed E-state index contributed by atoms with van der Waals surface area (Å²) in [5.74, 6) is 0.369. The van der Waals surface area contributed by atoms with Crippen molar-refractivity contribution in [2.24, 2.45) is 5.92 Å². The van der Waals surface area contributed by atoms with E-state index < -0.39 is 40.9 Å². The average Bonchev–Trinajstić information content (AvgIpc) is 3.74. The number of ether oxygens (including phenoxy) is 4. The molecule has 0 aromatic heterocycles. The van der Waals surface area contributed by atoms with Crippen LogP contribution in [0.3, 0.4) is 0 Å². The highest BCUT2D eigenvalue weighted by molar-refractivity contribution is 7.89. The highest BCUT2D eigenvalue weighted by Crippen LogP contribution is 2.33. The fraction of sp³-hybridized carbons (Fsp3) is 0.581. The molecule has 2 aromatic rings. The van der Waals surface area contributed by atoms with E-state index >= 15 is 0 Å². The Morgan fingerprint density at radius 3 is 2.58 bits per heavy atom. The number of amides is 1. The Morgan fingerprint density at radius 2 is 1.84 bits per heavy atom. The molecule has 3 fully saturated rings. The number of aliphatic hydroxyl groups is 1. The van der Waals surface area contributed by atoms with Crippen LogP contribution in [0, 0.1) is 5.92 Å². The molecule has 11 nitrogen and oxygen atoms in total. The fourth-order valence-corrected chi connectivity index (χ4v) is 7.09. The molecule has 1 amide bonds. The van der Waals surface area contributed by atoms with Crippen LogP contribution in [0.5, 0.6) is 5.75 Å². The first-order chi connectivity index (χ1) is 20.7. The van der Waals surface area contributed by atoms with E-state index in [-0.39, 0.29) is 42.3 Å². The second-order valence-electron chi connectivity index (χ2n) is 11.6. The van der Waals surface area contributed by atoms with Crippen LogP contribution in [0.15, 0.2) is 59.5 Å². The molecule has 1 aliphatic carbocycles. The first-order valence-corrected chi connectivity index (χ1v) is 16.5. The van der Waals surface area contributed by atoms with Crippen molar-refractivity contribution in [3.63, 3.8) is 0 Å². The van der Waals surface area contributed by atoms with Gasteiger partial charge in [0.1, 0.15) is 11.9 Å². The lowest BCUT2D eigenvalue weighted by molar-refractivity contribution is -0.145. The lowest BCUT2D eigenvalue weighted by Crippen LogP contribution is -2.51. The lowest BCUT2D eigenvalue weighted by atomic mass is 10.0. The number of hydroxylamine groups is 1. The monoisotopic (exact) mass is 618 g/mol. The molecule has 1 unspecified atom stereocenters. The highest BCUT2D eigenvalue weighted by Gasteiger charge is 2.44. The molecule has 3 aliphatic rings. The third-order valence-electron chi connectivity index (χ3n) is 7.96. The molecule has 2 N–H and O–H groups in total. The van der Waals surface area contributed by atoms with Crippen LogP contribution in [-0.2, 0) is 35.5 Å². The van der Waals surface area contributed by atoms with Crippen LogP contribution >= 0.6 is 0 Å². The first kappa shape index (κ1) is 31.7. The van der Waals surface area contributed by atoms with Gasteiger partial charge in [-0.1, -0.05) is 53.7 Å².